The average Bonchev–Trinajstić information content (AvgIpc) is 2.95. The maximum atomic E-state index is 11.7. The van der Waals surface area contributed by atoms with Crippen LogP contribution in [0.25, 0.3) is 0 Å². The van der Waals surface area contributed by atoms with Crippen molar-refractivity contribution in [2.24, 2.45) is 4.99 Å². The Balaban J connectivity index is 1.87. The maximum Gasteiger partial charge on any atom is 0.191 e. The third kappa shape index (κ3) is 5.82. The molecule has 0 unspecified atom stereocenters. The second kappa shape index (κ2) is 8.44. The Bertz CT molecular complexity index is 857. The van der Waals surface area contributed by atoms with Crippen LogP contribution in [0.1, 0.15) is 21.0 Å². The summed E-state index contributed by atoms with van der Waals surface area (Å²) in [5, 5.41) is 7.60. The van der Waals surface area contributed by atoms with Crippen LogP contribution >= 0.6 is 11.3 Å². The van der Waals surface area contributed by atoms with E-state index in [1.165, 1.54) is 11.1 Å². The SMILES string of the molecule is CN=C(NCCc1ncc(C)s1)NCc1ccc(S(C)(=O)=O)c(C)c1. The molecule has 0 spiro atoms. The van der Waals surface area contributed by atoms with Gasteiger partial charge in [-0.05, 0) is 31.0 Å². The molecule has 0 bridgehead atoms. The van der Waals surface area contributed by atoms with Crippen molar-refractivity contribution in [3.05, 3.63) is 45.4 Å². The second-order valence-corrected chi connectivity index (χ2v) is 9.14. The standard InChI is InChI=1S/C17H24N4O2S2/c1-12-9-14(5-6-15(12)25(4,22)23)11-21-17(18-3)19-8-7-16-20-10-13(2)24-16/h5-6,9-10H,7-8,11H2,1-4H3,(H2,18,19,21). The number of nitrogens with zero attached hydrogens (tertiary/aromatic N) is 2. The first-order valence-corrected chi connectivity index (χ1v) is 10.7. The van der Waals surface area contributed by atoms with Crippen molar-refractivity contribution >= 4 is 27.1 Å². The first-order chi connectivity index (χ1) is 11.8. The molecule has 2 aromatic rings. The van der Waals surface area contributed by atoms with Gasteiger partial charge in [-0.25, -0.2) is 13.4 Å². The molecule has 6 nitrogen and oxygen atoms in total. The number of aryl methyl sites for hydroxylation is 2. The number of hydrogen-bond acceptors (Lipinski definition) is 5. The number of aliphatic imine (C=N–C) groups is 1. The zero-order chi connectivity index (χ0) is 18.4. The van der Waals surface area contributed by atoms with Crippen LogP contribution < -0.4 is 10.6 Å². The Hall–Kier alpha value is -1.93. The number of guanidine groups is 1. The van der Waals surface area contributed by atoms with Crippen molar-refractivity contribution < 1.29 is 8.42 Å². The number of sulfone groups is 1. The van der Waals surface area contributed by atoms with Gasteiger partial charge < -0.3 is 10.6 Å². The predicted molar refractivity (Wildman–Crippen MR) is 103 cm³/mol. The van der Waals surface area contributed by atoms with E-state index in [-0.39, 0.29) is 0 Å². The number of rotatable bonds is 6. The summed E-state index contributed by atoms with van der Waals surface area (Å²) in [7, 11) is -1.46. The lowest BCUT2D eigenvalue weighted by atomic mass is 10.1. The Kier molecular flexibility index (Phi) is 6.55. The monoisotopic (exact) mass is 380 g/mol. The average molecular weight is 381 g/mol. The summed E-state index contributed by atoms with van der Waals surface area (Å²) >= 11 is 1.70. The Morgan fingerprint density at radius 1 is 1.28 bits per heavy atom. The number of nitrogens with one attached hydrogen (secondary N) is 2. The highest BCUT2D eigenvalue weighted by Gasteiger charge is 2.11. The van der Waals surface area contributed by atoms with E-state index >= 15 is 0 Å². The molecule has 0 aliphatic rings. The molecule has 136 valence electrons. The minimum atomic E-state index is -3.18. The van der Waals surface area contributed by atoms with Crippen LogP contribution in [0.3, 0.4) is 0 Å². The Morgan fingerprint density at radius 2 is 2.04 bits per heavy atom. The van der Waals surface area contributed by atoms with E-state index in [4.69, 9.17) is 0 Å². The second-order valence-electron chi connectivity index (χ2n) is 5.84. The fourth-order valence-corrected chi connectivity index (χ4v) is 4.19. The predicted octanol–water partition coefficient (Wildman–Crippen LogP) is 2.07. The topological polar surface area (TPSA) is 83.4 Å². The molecule has 0 fully saturated rings. The van der Waals surface area contributed by atoms with Crippen molar-refractivity contribution in [1.29, 1.82) is 0 Å². The quantitative estimate of drug-likeness (QED) is 0.592. The van der Waals surface area contributed by atoms with Crippen LogP contribution in [-0.4, -0.2) is 39.2 Å². The van der Waals surface area contributed by atoms with Crippen LogP contribution in [0.2, 0.25) is 0 Å². The minimum absolute atomic E-state index is 0.373. The van der Waals surface area contributed by atoms with Crippen LogP contribution in [0.5, 0.6) is 0 Å². The molecule has 8 heteroatoms. The van der Waals surface area contributed by atoms with Gasteiger partial charge in [0.15, 0.2) is 15.8 Å². The molecular formula is C17H24N4O2S2. The molecule has 0 saturated heterocycles. The van der Waals surface area contributed by atoms with Crippen molar-refractivity contribution in [2.45, 2.75) is 31.7 Å². The summed E-state index contributed by atoms with van der Waals surface area (Å²) < 4.78 is 23.3. The summed E-state index contributed by atoms with van der Waals surface area (Å²) in [4.78, 5) is 10.1. The first kappa shape index (κ1) is 19.4. The van der Waals surface area contributed by atoms with Crippen LogP contribution in [-0.2, 0) is 22.8 Å². The van der Waals surface area contributed by atoms with Crippen LogP contribution in [0.15, 0.2) is 34.3 Å². The molecule has 0 atom stereocenters. The summed E-state index contributed by atoms with van der Waals surface area (Å²) in [6.07, 6.45) is 3.96. The largest absolute Gasteiger partial charge is 0.356 e. The molecule has 2 rings (SSSR count). The number of hydrogen-bond donors (Lipinski definition) is 2. The summed E-state index contributed by atoms with van der Waals surface area (Å²) in [5.74, 6) is 0.707. The molecule has 0 saturated carbocycles. The van der Waals surface area contributed by atoms with Crippen molar-refractivity contribution in [3.8, 4) is 0 Å². The van der Waals surface area contributed by atoms with E-state index in [1.54, 1.807) is 24.5 Å². The number of benzene rings is 1. The summed E-state index contributed by atoms with van der Waals surface area (Å²) in [5.41, 5.74) is 1.76. The van der Waals surface area contributed by atoms with Crippen molar-refractivity contribution in [3.63, 3.8) is 0 Å². The summed E-state index contributed by atoms with van der Waals surface area (Å²) in [6, 6.07) is 5.36. The fourth-order valence-electron chi connectivity index (χ4n) is 2.45. The van der Waals surface area contributed by atoms with Crippen LogP contribution in [0.4, 0.5) is 0 Å². The lowest BCUT2D eigenvalue weighted by molar-refractivity contribution is 0.601. The van der Waals surface area contributed by atoms with E-state index in [0.717, 1.165) is 29.1 Å². The van der Waals surface area contributed by atoms with E-state index < -0.39 is 9.84 Å². The molecule has 1 aromatic carbocycles. The maximum absolute atomic E-state index is 11.7. The van der Waals surface area contributed by atoms with Gasteiger partial charge in [-0.1, -0.05) is 12.1 Å². The third-order valence-electron chi connectivity index (χ3n) is 3.62. The number of aromatic nitrogens is 1. The lowest BCUT2D eigenvalue weighted by Crippen LogP contribution is -2.37. The van der Waals surface area contributed by atoms with E-state index in [2.05, 4.69) is 20.6 Å². The minimum Gasteiger partial charge on any atom is -0.356 e. The fraction of sp³-hybridized carbons (Fsp3) is 0.412. The number of thiazole rings is 1. The highest BCUT2D eigenvalue weighted by Crippen LogP contribution is 2.16. The molecular weight excluding hydrogens is 356 g/mol. The molecule has 0 aliphatic carbocycles. The molecule has 0 aliphatic heterocycles. The zero-order valence-electron chi connectivity index (χ0n) is 15.0. The van der Waals surface area contributed by atoms with Crippen molar-refractivity contribution in [1.82, 2.24) is 15.6 Å². The molecule has 1 heterocycles. The molecule has 0 radical (unpaired) electrons. The lowest BCUT2D eigenvalue weighted by Gasteiger charge is -2.12. The van der Waals surface area contributed by atoms with Gasteiger partial charge in [0.05, 0.1) is 9.90 Å². The third-order valence-corrected chi connectivity index (χ3v) is 5.85. The molecule has 2 N–H and O–H groups in total. The molecule has 1 aromatic heterocycles. The van der Waals surface area contributed by atoms with Crippen molar-refractivity contribution in [2.75, 3.05) is 19.8 Å². The van der Waals surface area contributed by atoms with E-state index in [0.29, 0.717) is 17.4 Å². The molecule has 0 amide bonds. The van der Waals surface area contributed by atoms with E-state index in [9.17, 15) is 8.42 Å². The van der Waals surface area contributed by atoms with Gasteiger partial charge in [-0.3, -0.25) is 4.99 Å². The highest BCUT2D eigenvalue weighted by atomic mass is 32.2. The first-order valence-electron chi connectivity index (χ1n) is 7.95. The normalized spacial score (nSPS) is 12.2. The van der Waals surface area contributed by atoms with Gasteiger partial charge >= 0.3 is 0 Å². The van der Waals surface area contributed by atoms with Gasteiger partial charge in [-0.15, -0.1) is 11.3 Å². The Morgan fingerprint density at radius 3 is 2.60 bits per heavy atom. The zero-order valence-corrected chi connectivity index (χ0v) is 16.6. The van der Waals surface area contributed by atoms with Crippen LogP contribution in [0, 0.1) is 13.8 Å². The van der Waals surface area contributed by atoms with E-state index in [1.807, 2.05) is 32.2 Å². The van der Waals surface area contributed by atoms with Gasteiger partial charge in [0.1, 0.15) is 0 Å². The smallest absolute Gasteiger partial charge is 0.191 e. The molecule has 25 heavy (non-hydrogen) atoms. The van der Waals surface area contributed by atoms with Gasteiger partial charge in [0.2, 0.25) is 0 Å². The van der Waals surface area contributed by atoms with Gasteiger partial charge in [0.25, 0.3) is 0 Å². The summed E-state index contributed by atoms with van der Waals surface area (Å²) in [6.45, 7) is 5.18. The van der Waals surface area contributed by atoms with Gasteiger partial charge in [0, 0.05) is 43.9 Å². The highest BCUT2D eigenvalue weighted by molar-refractivity contribution is 7.90. The Labute approximate surface area is 153 Å². The van der Waals surface area contributed by atoms with Gasteiger partial charge in [-0.2, -0.15) is 0 Å².